The highest BCUT2D eigenvalue weighted by atomic mass is 32.2. The van der Waals surface area contributed by atoms with Gasteiger partial charge in [0.25, 0.3) is 5.56 Å². The number of anilines is 1. The van der Waals surface area contributed by atoms with Crippen LogP contribution in [-0.2, 0) is 16.9 Å². The van der Waals surface area contributed by atoms with E-state index in [0.29, 0.717) is 29.5 Å². The maximum absolute atomic E-state index is 12.4. The van der Waals surface area contributed by atoms with Crippen molar-refractivity contribution in [3.8, 4) is 16.9 Å². The lowest BCUT2D eigenvalue weighted by molar-refractivity contribution is 0.301. The predicted molar refractivity (Wildman–Crippen MR) is 107 cm³/mol. The molecule has 1 aromatic heterocycles. The molecule has 27 heavy (non-hydrogen) atoms. The first-order valence-electron chi connectivity index (χ1n) is 9.11. The number of aryl methyl sites for hydroxylation is 1. The predicted octanol–water partition coefficient (Wildman–Crippen LogP) is 2.70. The van der Waals surface area contributed by atoms with Crippen LogP contribution in [0.4, 0.5) is 5.69 Å². The van der Waals surface area contributed by atoms with Gasteiger partial charge < -0.3 is 14.2 Å². The highest BCUT2D eigenvalue weighted by molar-refractivity contribution is 7.91. The second-order valence-electron chi connectivity index (χ2n) is 7.24. The van der Waals surface area contributed by atoms with Gasteiger partial charge in [0, 0.05) is 38.5 Å². The van der Waals surface area contributed by atoms with Gasteiger partial charge in [-0.05, 0) is 43.0 Å². The number of benzene rings is 1. The second-order valence-corrected chi connectivity index (χ2v) is 9.52. The van der Waals surface area contributed by atoms with E-state index in [9.17, 15) is 13.2 Å². The van der Waals surface area contributed by atoms with Gasteiger partial charge in [0.05, 0.1) is 17.3 Å². The number of aromatic nitrogens is 1. The lowest BCUT2D eigenvalue weighted by Crippen LogP contribution is -2.25. The highest BCUT2D eigenvalue weighted by Crippen LogP contribution is 2.36. The average Bonchev–Trinajstić information content (AvgIpc) is 3.46. The summed E-state index contributed by atoms with van der Waals surface area (Å²) in [6.45, 7) is 2.25. The minimum absolute atomic E-state index is 0.0327. The van der Waals surface area contributed by atoms with Crippen LogP contribution in [0.2, 0.25) is 0 Å². The molecule has 1 fully saturated rings. The van der Waals surface area contributed by atoms with Crippen LogP contribution in [0.15, 0.2) is 40.2 Å². The summed E-state index contributed by atoms with van der Waals surface area (Å²) in [5.41, 5.74) is 1.86. The SMILES string of the molecule is CCS(=O)(=O)c1ccc(OCC2CC2)c(-c2cc(N(C)C)c(=O)n(C)c2)c1. The molecule has 6 nitrogen and oxygen atoms in total. The molecule has 3 rings (SSSR count). The quantitative estimate of drug-likeness (QED) is 0.727. The van der Waals surface area contributed by atoms with Gasteiger partial charge in [-0.1, -0.05) is 6.92 Å². The van der Waals surface area contributed by atoms with Crippen molar-refractivity contribution >= 4 is 15.5 Å². The smallest absolute Gasteiger partial charge is 0.273 e. The zero-order valence-electron chi connectivity index (χ0n) is 16.2. The van der Waals surface area contributed by atoms with Crippen LogP contribution in [0.3, 0.4) is 0 Å². The molecule has 0 saturated heterocycles. The molecule has 146 valence electrons. The van der Waals surface area contributed by atoms with Crippen molar-refractivity contribution in [3.63, 3.8) is 0 Å². The Kier molecular flexibility index (Phi) is 5.33. The van der Waals surface area contributed by atoms with E-state index in [2.05, 4.69) is 0 Å². The van der Waals surface area contributed by atoms with Crippen molar-refractivity contribution in [2.75, 3.05) is 31.4 Å². The molecule has 1 aliphatic rings. The van der Waals surface area contributed by atoms with Crippen molar-refractivity contribution in [3.05, 3.63) is 40.8 Å². The molecule has 1 aliphatic carbocycles. The Morgan fingerprint density at radius 2 is 1.93 bits per heavy atom. The van der Waals surface area contributed by atoms with Crippen LogP contribution in [-0.4, -0.2) is 39.4 Å². The van der Waals surface area contributed by atoms with Crippen LogP contribution in [0, 0.1) is 5.92 Å². The third kappa shape index (κ3) is 4.18. The monoisotopic (exact) mass is 390 g/mol. The summed E-state index contributed by atoms with van der Waals surface area (Å²) >= 11 is 0. The number of nitrogens with zero attached hydrogens (tertiary/aromatic N) is 2. The molecular formula is C20H26N2O4S. The topological polar surface area (TPSA) is 68.6 Å². The van der Waals surface area contributed by atoms with Gasteiger partial charge in [-0.2, -0.15) is 0 Å². The molecule has 0 bridgehead atoms. The molecule has 0 radical (unpaired) electrons. The van der Waals surface area contributed by atoms with Crippen molar-refractivity contribution < 1.29 is 13.2 Å². The normalized spacial score (nSPS) is 14.2. The maximum atomic E-state index is 12.4. The first kappa shape index (κ1) is 19.5. The molecule has 0 unspecified atom stereocenters. The number of ether oxygens (including phenoxy) is 1. The minimum atomic E-state index is -3.34. The Bertz CT molecular complexity index is 1010. The van der Waals surface area contributed by atoms with Gasteiger partial charge in [0.1, 0.15) is 11.4 Å². The summed E-state index contributed by atoms with van der Waals surface area (Å²) in [6.07, 6.45) is 4.06. The number of sulfone groups is 1. The molecule has 0 amide bonds. The summed E-state index contributed by atoms with van der Waals surface area (Å²) in [7, 11) is 1.96. The summed E-state index contributed by atoms with van der Waals surface area (Å²) in [5, 5.41) is 0. The van der Waals surface area contributed by atoms with Crippen LogP contribution >= 0.6 is 0 Å². The average molecular weight is 391 g/mol. The molecule has 7 heteroatoms. The molecule has 2 aromatic rings. The van der Waals surface area contributed by atoms with Gasteiger partial charge in [-0.25, -0.2) is 8.42 Å². The van der Waals surface area contributed by atoms with Gasteiger partial charge in [0.2, 0.25) is 0 Å². The van der Waals surface area contributed by atoms with Gasteiger partial charge in [-0.3, -0.25) is 4.79 Å². The fraction of sp³-hybridized carbons (Fsp3) is 0.450. The molecule has 1 aromatic carbocycles. The lowest BCUT2D eigenvalue weighted by atomic mass is 10.1. The summed E-state index contributed by atoms with van der Waals surface area (Å²) in [5.74, 6) is 1.25. The summed E-state index contributed by atoms with van der Waals surface area (Å²) < 4.78 is 32.2. The van der Waals surface area contributed by atoms with E-state index in [-0.39, 0.29) is 16.2 Å². The number of pyridine rings is 1. The standard InChI is InChI=1S/C20H26N2O4S/c1-5-27(24,25)16-8-9-19(26-13-14-6-7-14)17(11-16)15-10-18(21(2)3)20(23)22(4)12-15/h8-12,14H,5-7,13H2,1-4H3. The third-order valence-corrected chi connectivity index (χ3v) is 6.55. The molecule has 0 spiro atoms. The van der Waals surface area contributed by atoms with E-state index in [1.54, 1.807) is 49.3 Å². The van der Waals surface area contributed by atoms with E-state index >= 15 is 0 Å². The minimum Gasteiger partial charge on any atom is -0.493 e. The Labute approximate surface area is 160 Å². The van der Waals surface area contributed by atoms with Gasteiger partial charge in [0.15, 0.2) is 9.84 Å². The Balaban J connectivity index is 2.15. The Morgan fingerprint density at radius 1 is 1.22 bits per heavy atom. The molecule has 0 N–H and O–H groups in total. The van der Waals surface area contributed by atoms with Crippen LogP contribution in [0.5, 0.6) is 5.75 Å². The fourth-order valence-electron chi connectivity index (χ4n) is 2.87. The maximum Gasteiger partial charge on any atom is 0.273 e. The van der Waals surface area contributed by atoms with Crippen molar-refractivity contribution in [1.29, 1.82) is 0 Å². The van der Waals surface area contributed by atoms with Crippen molar-refractivity contribution in [1.82, 2.24) is 4.57 Å². The van der Waals surface area contributed by atoms with Crippen molar-refractivity contribution in [2.24, 2.45) is 13.0 Å². The fourth-order valence-corrected chi connectivity index (χ4v) is 3.78. The zero-order valence-corrected chi connectivity index (χ0v) is 17.0. The molecule has 0 atom stereocenters. The molecule has 1 heterocycles. The van der Waals surface area contributed by atoms with Gasteiger partial charge >= 0.3 is 0 Å². The van der Waals surface area contributed by atoms with E-state index in [4.69, 9.17) is 4.74 Å². The number of hydrogen-bond donors (Lipinski definition) is 0. The van der Waals surface area contributed by atoms with E-state index in [1.807, 2.05) is 14.1 Å². The molecule has 1 saturated carbocycles. The first-order valence-corrected chi connectivity index (χ1v) is 10.8. The van der Waals surface area contributed by atoms with E-state index in [1.165, 1.54) is 17.4 Å². The third-order valence-electron chi connectivity index (χ3n) is 4.82. The molecule has 0 aliphatic heterocycles. The first-order chi connectivity index (χ1) is 12.7. The van der Waals surface area contributed by atoms with Crippen LogP contribution < -0.4 is 15.2 Å². The lowest BCUT2D eigenvalue weighted by Gasteiger charge is -2.17. The Morgan fingerprint density at radius 3 is 2.52 bits per heavy atom. The number of hydrogen-bond acceptors (Lipinski definition) is 5. The van der Waals surface area contributed by atoms with E-state index in [0.717, 1.165) is 5.56 Å². The zero-order chi connectivity index (χ0) is 19.8. The number of rotatable bonds is 7. The van der Waals surface area contributed by atoms with E-state index < -0.39 is 9.84 Å². The molecular weight excluding hydrogens is 364 g/mol. The van der Waals surface area contributed by atoms with Crippen LogP contribution in [0.25, 0.3) is 11.1 Å². The van der Waals surface area contributed by atoms with Crippen molar-refractivity contribution in [2.45, 2.75) is 24.7 Å². The largest absolute Gasteiger partial charge is 0.493 e. The summed E-state index contributed by atoms with van der Waals surface area (Å²) in [6, 6.07) is 6.75. The Hall–Kier alpha value is -2.28. The second kappa shape index (κ2) is 7.38. The van der Waals surface area contributed by atoms with Gasteiger partial charge in [-0.15, -0.1) is 0 Å². The summed E-state index contributed by atoms with van der Waals surface area (Å²) in [4.78, 5) is 14.4. The van der Waals surface area contributed by atoms with Crippen LogP contribution in [0.1, 0.15) is 19.8 Å². The highest BCUT2D eigenvalue weighted by Gasteiger charge is 2.23.